The van der Waals surface area contributed by atoms with Crippen LogP contribution in [0.25, 0.3) is 10.2 Å². The quantitative estimate of drug-likeness (QED) is 0.579. The third-order valence-electron chi connectivity index (χ3n) is 5.36. The fourth-order valence-electron chi connectivity index (χ4n) is 3.83. The first-order chi connectivity index (χ1) is 14.3. The molecule has 1 aromatic heterocycles. The Balaban J connectivity index is 1.24. The average Bonchev–Trinajstić information content (AvgIpc) is 3.39. The zero-order valence-electron chi connectivity index (χ0n) is 16.0. The lowest BCUT2D eigenvalue weighted by molar-refractivity contribution is 0.262. The molecule has 3 aromatic rings. The second kappa shape index (κ2) is 7.87. The molecule has 0 aliphatic carbocycles. The molecule has 2 aliphatic heterocycles. The Morgan fingerprint density at radius 2 is 2.10 bits per heavy atom. The monoisotopic (exact) mass is 407 g/mol. The predicted octanol–water partition coefficient (Wildman–Crippen LogP) is 5.23. The highest BCUT2D eigenvalue weighted by atomic mass is 32.1. The first-order valence-corrected chi connectivity index (χ1v) is 10.7. The van der Waals surface area contributed by atoms with Crippen LogP contribution in [0.5, 0.6) is 5.75 Å². The Bertz CT molecular complexity index is 1080. The van der Waals surface area contributed by atoms with E-state index in [9.17, 15) is 4.39 Å². The topological polar surface area (TPSA) is 28.6 Å². The molecule has 2 aliphatic rings. The Hall–Kier alpha value is -2.86. The van der Waals surface area contributed by atoms with E-state index >= 15 is 0 Å². The van der Waals surface area contributed by atoms with Crippen molar-refractivity contribution in [3.63, 3.8) is 0 Å². The lowest BCUT2D eigenvalue weighted by atomic mass is 10.1. The highest BCUT2D eigenvalue weighted by Gasteiger charge is 2.26. The maximum Gasteiger partial charge on any atom is 0.186 e. The molecule has 0 N–H and O–H groups in total. The molecule has 0 spiro atoms. The van der Waals surface area contributed by atoms with Crippen molar-refractivity contribution < 1.29 is 9.13 Å². The number of halogens is 1. The number of hydrogen-bond acceptors (Lipinski definition) is 5. The number of aromatic nitrogens is 1. The number of ether oxygens (including phenoxy) is 1. The van der Waals surface area contributed by atoms with Crippen LogP contribution in [0.15, 0.2) is 66.9 Å². The zero-order chi connectivity index (χ0) is 19.6. The van der Waals surface area contributed by atoms with Gasteiger partial charge in [-0.3, -0.25) is 0 Å². The molecule has 1 saturated heterocycles. The van der Waals surface area contributed by atoms with E-state index in [0.717, 1.165) is 52.8 Å². The van der Waals surface area contributed by atoms with Crippen LogP contribution in [-0.2, 0) is 0 Å². The van der Waals surface area contributed by atoms with Gasteiger partial charge in [-0.05, 0) is 42.8 Å². The van der Waals surface area contributed by atoms with Crippen molar-refractivity contribution in [1.82, 2.24) is 4.98 Å². The van der Waals surface area contributed by atoms with E-state index in [1.807, 2.05) is 24.3 Å². The Labute approximate surface area is 173 Å². The summed E-state index contributed by atoms with van der Waals surface area (Å²) < 4.78 is 20.6. The molecule has 0 saturated carbocycles. The van der Waals surface area contributed by atoms with Crippen LogP contribution in [-0.4, -0.2) is 31.2 Å². The summed E-state index contributed by atoms with van der Waals surface area (Å²) in [5.41, 5.74) is 1.96. The van der Waals surface area contributed by atoms with Gasteiger partial charge in [-0.25, -0.2) is 9.37 Å². The van der Waals surface area contributed by atoms with E-state index in [1.165, 1.54) is 6.07 Å². The minimum Gasteiger partial charge on any atom is -0.491 e. The van der Waals surface area contributed by atoms with Gasteiger partial charge in [-0.2, -0.15) is 0 Å². The third-order valence-corrected chi connectivity index (χ3v) is 6.44. The van der Waals surface area contributed by atoms with Crippen molar-refractivity contribution in [3.8, 4) is 5.75 Å². The fraction of sp³-hybridized carbons (Fsp3) is 0.261. The smallest absolute Gasteiger partial charge is 0.186 e. The van der Waals surface area contributed by atoms with E-state index in [2.05, 4.69) is 39.2 Å². The summed E-state index contributed by atoms with van der Waals surface area (Å²) >= 11 is 1.56. The largest absolute Gasteiger partial charge is 0.491 e. The molecule has 4 nitrogen and oxygen atoms in total. The second-order valence-corrected chi connectivity index (χ2v) is 8.42. The number of thiazole rings is 1. The van der Waals surface area contributed by atoms with E-state index in [4.69, 9.17) is 4.74 Å². The molecule has 1 unspecified atom stereocenters. The molecular formula is C23H22FN3OS. The van der Waals surface area contributed by atoms with Crippen LogP contribution < -0.4 is 14.5 Å². The first-order valence-electron chi connectivity index (χ1n) is 9.89. The molecule has 0 bridgehead atoms. The Morgan fingerprint density at radius 3 is 3.00 bits per heavy atom. The Kier molecular flexibility index (Phi) is 4.94. The van der Waals surface area contributed by atoms with Gasteiger partial charge in [0.2, 0.25) is 0 Å². The first kappa shape index (κ1) is 18.2. The summed E-state index contributed by atoms with van der Waals surface area (Å²) in [4.78, 5) is 9.16. The lowest BCUT2D eigenvalue weighted by Crippen LogP contribution is -2.22. The summed E-state index contributed by atoms with van der Waals surface area (Å²) in [6.07, 6.45) is 9.38. The maximum atomic E-state index is 13.5. The highest BCUT2D eigenvalue weighted by Crippen LogP contribution is 2.34. The number of allylic oxidation sites excluding steroid dienone is 2. The normalized spacial score (nSPS) is 18.7. The fourth-order valence-corrected chi connectivity index (χ4v) is 4.86. The lowest BCUT2D eigenvalue weighted by Gasteiger charge is -2.24. The molecular weight excluding hydrogens is 385 g/mol. The number of nitrogens with zero attached hydrogens (tertiary/aromatic N) is 3. The molecule has 0 amide bonds. The van der Waals surface area contributed by atoms with E-state index in [0.29, 0.717) is 12.5 Å². The van der Waals surface area contributed by atoms with Gasteiger partial charge in [0.25, 0.3) is 0 Å². The molecule has 1 fully saturated rings. The third kappa shape index (κ3) is 3.85. The Morgan fingerprint density at radius 1 is 1.17 bits per heavy atom. The van der Waals surface area contributed by atoms with Crippen LogP contribution in [0.1, 0.15) is 6.42 Å². The van der Waals surface area contributed by atoms with Crippen molar-refractivity contribution in [1.29, 1.82) is 0 Å². The highest BCUT2D eigenvalue weighted by molar-refractivity contribution is 7.22. The van der Waals surface area contributed by atoms with Gasteiger partial charge in [0.15, 0.2) is 5.13 Å². The molecule has 1 atom stereocenters. The molecule has 148 valence electrons. The standard InChI is InChI=1S/C23H22FN3OS/c24-18-8-9-19-22(14-18)29-23(25-19)27-13-10-17(15-27)16-28-21-7-3-2-6-20(21)26-11-4-1-5-12-26/h1-9,11,14,17H,10,12-13,15-16H2. The van der Waals surface area contributed by atoms with Crippen molar-refractivity contribution >= 4 is 32.4 Å². The minimum absolute atomic E-state index is 0.210. The van der Waals surface area contributed by atoms with E-state index < -0.39 is 0 Å². The van der Waals surface area contributed by atoms with Crippen molar-refractivity contribution in [2.75, 3.05) is 36.0 Å². The van der Waals surface area contributed by atoms with Crippen LogP contribution in [0.4, 0.5) is 15.2 Å². The average molecular weight is 408 g/mol. The van der Waals surface area contributed by atoms with Crippen molar-refractivity contribution in [2.45, 2.75) is 6.42 Å². The summed E-state index contributed by atoms with van der Waals surface area (Å²) in [6, 6.07) is 13.0. The van der Waals surface area contributed by atoms with E-state index in [-0.39, 0.29) is 5.82 Å². The van der Waals surface area contributed by atoms with Gasteiger partial charge in [0.1, 0.15) is 11.6 Å². The molecule has 29 heavy (non-hydrogen) atoms. The zero-order valence-corrected chi connectivity index (χ0v) is 16.8. The SMILES string of the molecule is Fc1ccc2nc(N3CCC(COc4ccccc4N4C=CC=CC4)C3)sc2c1. The molecule has 0 radical (unpaired) electrons. The van der Waals surface area contributed by atoms with Gasteiger partial charge in [0.05, 0.1) is 22.5 Å². The molecule has 5 rings (SSSR count). The maximum absolute atomic E-state index is 13.5. The molecule has 3 heterocycles. The number of hydrogen-bond donors (Lipinski definition) is 0. The number of anilines is 2. The van der Waals surface area contributed by atoms with Gasteiger partial charge in [-0.1, -0.05) is 35.6 Å². The van der Waals surface area contributed by atoms with Crippen molar-refractivity contribution in [2.24, 2.45) is 5.92 Å². The van der Waals surface area contributed by atoms with E-state index in [1.54, 1.807) is 23.5 Å². The number of para-hydroxylation sites is 2. The number of fused-ring (bicyclic) bond motifs is 1. The van der Waals surface area contributed by atoms with Crippen LogP contribution in [0.2, 0.25) is 0 Å². The number of rotatable bonds is 5. The second-order valence-electron chi connectivity index (χ2n) is 7.41. The molecule has 2 aromatic carbocycles. The van der Waals surface area contributed by atoms with Gasteiger partial charge in [-0.15, -0.1) is 0 Å². The summed E-state index contributed by atoms with van der Waals surface area (Å²) in [5, 5.41) is 0.971. The van der Waals surface area contributed by atoms with Crippen LogP contribution in [0.3, 0.4) is 0 Å². The van der Waals surface area contributed by atoms with Gasteiger partial charge < -0.3 is 14.5 Å². The summed E-state index contributed by atoms with van der Waals surface area (Å²) in [6.45, 7) is 3.40. The molecule has 6 heteroatoms. The summed E-state index contributed by atoms with van der Waals surface area (Å²) in [7, 11) is 0. The summed E-state index contributed by atoms with van der Waals surface area (Å²) in [5.74, 6) is 1.16. The van der Waals surface area contributed by atoms with Gasteiger partial charge >= 0.3 is 0 Å². The number of benzene rings is 2. The van der Waals surface area contributed by atoms with Crippen LogP contribution >= 0.6 is 11.3 Å². The minimum atomic E-state index is -0.210. The van der Waals surface area contributed by atoms with Gasteiger partial charge in [0, 0.05) is 31.8 Å². The van der Waals surface area contributed by atoms with Crippen molar-refractivity contribution in [3.05, 3.63) is 72.7 Å². The predicted molar refractivity (Wildman–Crippen MR) is 117 cm³/mol. The van der Waals surface area contributed by atoms with Crippen LogP contribution in [0, 0.1) is 11.7 Å².